The van der Waals surface area contributed by atoms with Gasteiger partial charge >= 0.3 is 5.84 Å². The van der Waals surface area contributed by atoms with Gasteiger partial charge in [0.15, 0.2) is 5.82 Å². The third kappa shape index (κ3) is 2.81. The lowest BCUT2D eigenvalue weighted by Gasteiger charge is -2.31. The SMILES string of the molecule is Cc1c(CN2CCN(C)CC2)oc2nc(-c3ccccc3Cl)nn12. The van der Waals surface area contributed by atoms with Crippen LogP contribution in [-0.2, 0) is 6.54 Å². The number of fused-ring (bicyclic) bond motifs is 1. The van der Waals surface area contributed by atoms with Crippen LogP contribution in [0.2, 0.25) is 5.02 Å². The highest BCUT2D eigenvalue weighted by Crippen LogP contribution is 2.26. The second kappa shape index (κ2) is 6.20. The van der Waals surface area contributed by atoms with E-state index in [1.165, 1.54) is 0 Å². The van der Waals surface area contributed by atoms with Crippen molar-refractivity contribution in [1.82, 2.24) is 24.4 Å². The molecule has 2 aromatic heterocycles. The second-order valence-corrected chi connectivity index (χ2v) is 6.71. The molecule has 0 amide bonds. The first-order chi connectivity index (χ1) is 11.6. The second-order valence-electron chi connectivity index (χ2n) is 6.30. The number of nitrogens with zero attached hydrogens (tertiary/aromatic N) is 5. The Bertz CT molecular complexity index is 863. The lowest BCUT2D eigenvalue weighted by atomic mass is 10.2. The van der Waals surface area contributed by atoms with Crippen LogP contribution < -0.4 is 0 Å². The van der Waals surface area contributed by atoms with Crippen molar-refractivity contribution in [3.05, 3.63) is 40.7 Å². The molecule has 0 radical (unpaired) electrons. The summed E-state index contributed by atoms with van der Waals surface area (Å²) in [7, 11) is 2.16. The van der Waals surface area contributed by atoms with Crippen molar-refractivity contribution in [2.45, 2.75) is 13.5 Å². The number of halogens is 1. The number of aryl methyl sites for hydroxylation is 1. The first-order valence-electron chi connectivity index (χ1n) is 8.12. The van der Waals surface area contributed by atoms with E-state index in [4.69, 9.17) is 16.0 Å². The highest BCUT2D eigenvalue weighted by molar-refractivity contribution is 6.33. The summed E-state index contributed by atoms with van der Waals surface area (Å²) < 4.78 is 7.73. The van der Waals surface area contributed by atoms with Gasteiger partial charge < -0.3 is 9.32 Å². The van der Waals surface area contributed by atoms with Crippen molar-refractivity contribution in [2.75, 3.05) is 33.2 Å². The van der Waals surface area contributed by atoms with Crippen LogP contribution in [0.15, 0.2) is 28.7 Å². The predicted octanol–water partition coefficient (Wildman–Crippen LogP) is 2.70. The van der Waals surface area contributed by atoms with Gasteiger partial charge in [0.2, 0.25) is 0 Å². The van der Waals surface area contributed by atoms with Gasteiger partial charge in [-0.15, -0.1) is 5.10 Å². The van der Waals surface area contributed by atoms with E-state index in [-0.39, 0.29) is 0 Å². The number of piperazine rings is 1. The molecular weight excluding hydrogens is 326 g/mol. The minimum atomic E-state index is 0.520. The number of aromatic nitrogens is 3. The molecule has 4 rings (SSSR count). The first kappa shape index (κ1) is 15.6. The summed E-state index contributed by atoms with van der Waals surface area (Å²) in [5.41, 5.74) is 1.81. The van der Waals surface area contributed by atoms with Gasteiger partial charge in [-0.3, -0.25) is 4.90 Å². The van der Waals surface area contributed by atoms with Crippen LogP contribution in [-0.4, -0.2) is 57.6 Å². The molecule has 1 saturated heterocycles. The molecule has 1 aromatic carbocycles. The molecule has 0 aliphatic carbocycles. The maximum Gasteiger partial charge on any atom is 0.325 e. The molecule has 0 N–H and O–H groups in total. The average molecular weight is 346 g/mol. The van der Waals surface area contributed by atoms with Gasteiger partial charge in [-0.25, -0.2) is 0 Å². The van der Waals surface area contributed by atoms with E-state index >= 15 is 0 Å². The maximum atomic E-state index is 6.23. The van der Waals surface area contributed by atoms with Crippen LogP contribution in [0.3, 0.4) is 0 Å². The molecule has 6 nitrogen and oxygen atoms in total. The number of likely N-dealkylation sites (N-methyl/N-ethyl adjacent to an activating group) is 1. The topological polar surface area (TPSA) is 49.8 Å². The Kier molecular flexibility index (Phi) is 4.04. The molecule has 0 unspecified atom stereocenters. The standard InChI is InChI=1S/C17H20ClN5O/c1-12-15(11-22-9-7-21(2)8-10-22)24-17-19-16(20-23(12)17)13-5-3-4-6-14(13)18/h3-6H,7-11H2,1-2H3. The summed E-state index contributed by atoms with van der Waals surface area (Å²) in [6.07, 6.45) is 0. The Morgan fingerprint density at radius 2 is 1.92 bits per heavy atom. The molecule has 7 heteroatoms. The number of rotatable bonds is 3. The monoisotopic (exact) mass is 345 g/mol. The van der Waals surface area contributed by atoms with E-state index < -0.39 is 0 Å². The molecule has 0 saturated carbocycles. The van der Waals surface area contributed by atoms with Gasteiger partial charge in [-0.1, -0.05) is 23.7 Å². The fraction of sp³-hybridized carbons (Fsp3) is 0.412. The number of benzene rings is 1. The van der Waals surface area contributed by atoms with E-state index in [0.717, 1.165) is 49.7 Å². The maximum absolute atomic E-state index is 6.23. The van der Waals surface area contributed by atoms with Gasteiger partial charge in [-0.05, 0) is 26.1 Å². The third-order valence-electron chi connectivity index (χ3n) is 4.59. The molecule has 126 valence electrons. The van der Waals surface area contributed by atoms with Gasteiger partial charge in [0.1, 0.15) is 5.76 Å². The third-order valence-corrected chi connectivity index (χ3v) is 4.92. The minimum absolute atomic E-state index is 0.520. The number of hydrogen-bond acceptors (Lipinski definition) is 5. The van der Waals surface area contributed by atoms with Crippen molar-refractivity contribution in [1.29, 1.82) is 0 Å². The molecule has 3 aromatic rings. The van der Waals surface area contributed by atoms with Crippen LogP contribution in [0.25, 0.3) is 17.2 Å². The van der Waals surface area contributed by atoms with E-state index in [9.17, 15) is 0 Å². The van der Waals surface area contributed by atoms with Gasteiger partial charge in [0, 0.05) is 31.7 Å². The van der Waals surface area contributed by atoms with Gasteiger partial charge in [0.05, 0.1) is 17.3 Å². The Balaban J connectivity index is 1.60. The molecule has 1 fully saturated rings. The summed E-state index contributed by atoms with van der Waals surface area (Å²) >= 11 is 6.23. The minimum Gasteiger partial charge on any atom is -0.425 e. The zero-order chi connectivity index (χ0) is 16.7. The smallest absolute Gasteiger partial charge is 0.325 e. The van der Waals surface area contributed by atoms with Gasteiger partial charge in [-0.2, -0.15) is 9.50 Å². The summed E-state index contributed by atoms with van der Waals surface area (Å²) in [5, 5.41) is 5.21. The van der Waals surface area contributed by atoms with Crippen molar-refractivity contribution < 1.29 is 4.42 Å². The zero-order valence-corrected chi connectivity index (χ0v) is 14.6. The summed E-state index contributed by atoms with van der Waals surface area (Å²) in [6, 6.07) is 7.57. The van der Waals surface area contributed by atoms with Crippen LogP contribution >= 0.6 is 11.6 Å². The number of oxazole rings is 1. The normalized spacial score (nSPS) is 17.0. The van der Waals surface area contributed by atoms with E-state index in [0.29, 0.717) is 16.7 Å². The Labute approximate surface area is 145 Å². The zero-order valence-electron chi connectivity index (χ0n) is 13.9. The summed E-state index contributed by atoms with van der Waals surface area (Å²) in [6.45, 7) is 7.10. The molecule has 24 heavy (non-hydrogen) atoms. The van der Waals surface area contributed by atoms with Crippen LogP contribution in [0.4, 0.5) is 0 Å². The fourth-order valence-corrected chi connectivity index (χ4v) is 3.22. The van der Waals surface area contributed by atoms with E-state index in [1.54, 1.807) is 4.52 Å². The highest BCUT2D eigenvalue weighted by Gasteiger charge is 2.21. The molecule has 0 spiro atoms. The molecule has 1 aliphatic rings. The van der Waals surface area contributed by atoms with Crippen molar-refractivity contribution in [3.8, 4) is 11.4 Å². The predicted molar refractivity (Wildman–Crippen MR) is 93.2 cm³/mol. The molecule has 0 atom stereocenters. The quantitative estimate of drug-likeness (QED) is 0.730. The lowest BCUT2D eigenvalue weighted by Crippen LogP contribution is -2.43. The highest BCUT2D eigenvalue weighted by atomic mass is 35.5. The Morgan fingerprint density at radius 3 is 2.62 bits per heavy atom. The molecule has 1 aliphatic heterocycles. The van der Waals surface area contributed by atoms with Crippen molar-refractivity contribution >= 4 is 17.4 Å². The van der Waals surface area contributed by atoms with E-state index in [2.05, 4.69) is 26.9 Å². The number of hydrogen-bond donors (Lipinski definition) is 0. The average Bonchev–Trinajstić information content (AvgIpc) is 3.10. The lowest BCUT2D eigenvalue weighted by molar-refractivity contribution is 0.140. The molecule has 0 bridgehead atoms. The van der Waals surface area contributed by atoms with Crippen LogP contribution in [0.5, 0.6) is 0 Å². The van der Waals surface area contributed by atoms with Crippen molar-refractivity contribution in [3.63, 3.8) is 0 Å². The Morgan fingerprint density at radius 1 is 1.17 bits per heavy atom. The van der Waals surface area contributed by atoms with E-state index in [1.807, 2.05) is 31.2 Å². The first-order valence-corrected chi connectivity index (χ1v) is 8.50. The van der Waals surface area contributed by atoms with Gasteiger partial charge in [0.25, 0.3) is 0 Å². The van der Waals surface area contributed by atoms with Crippen LogP contribution in [0.1, 0.15) is 11.5 Å². The molecule has 3 heterocycles. The van der Waals surface area contributed by atoms with Crippen molar-refractivity contribution in [2.24, 2.45) is 0 Å². The van der Waals surface area contributed by atoms with Crippen LogP contribution in [0, 0.1) is 6.92 Å². The summed E-state index contributed by atoms with van der Waals surface area (Å²) in [4.78, 5) is 9.25. The Hall–Kier alpha value is -1.89. The summed E-state index contributed by atoms with van der Waals surface area (Å²) in [5.74, 6) is 2.04. The largest absolute Gasteiger partial charge is 0.425 e. The molecular formula is C17H20ClN5O. The fourth-order valence-electron chi connectivity index (χ4n) is 3.00.